The second kappa shape index (κ2) is 12.1. The maximum absolute atomic E-state index is 14.0. The van der Waals surface area contributed by atoms with Gasteiger partial charge in [0.1, 0.15) is 22.6 Å². The van der Waals surface area contributed by atoms with Crippen molar-refractivity contribution in [1.29, 1.82) is 0 Å². The van der Waals surface area contributed by atoms with Crippen LogP contribution in [0.5, 0.6) is 0 Å². The lowest BCUT2D eigenvalue weighted by Crippen LogP contribution is -2.39. The molecule has 0 spiro atoms. The number of aromatic nitrogens is 3. The summed E-state index contributed by atoms with van der Waals surface area (Å²) in [4.78, 5) is 25.6. The number of ether oxygens (including phenoxy) is 1. The van der Waals surface area contributed by atoms with Gasteiger partial charge in [-0.05, 0) is 50.9 Å². The molecule has 0 bridgehead atoms. The molecule has 41 heavy (non-hydrogen) atoms. The monoisotopic (exact) mass is 600 g/mol. The SMILES string of the molecule is CNC1CCN(c2cc(N3CCOCC3)n3nc(C4CCCCN4C(=O)c4cc(Cl)ccc4NS(C)=O)cc3n2)C1. The number of carbonyl (C=O) groups excluding carboxylic acids is 1. The van der Waals surface area contributed by atoms with E-state index in [1.807, 2.05) is 22.5 Å². The Morgan fingerprint density at radius 2 is 1.90 bits per heavy atom. The lowest BCUT2D eigenvalue weighted by molar-refractivity contribution is 0.0607. The standard InChI is InChI=1S/C28H37ClN8O3S/c1-30-20-8-10-35(18-20)25-17-27(34-11-13-40-14-12-34)37-26(31-25)16-23(32-37)24-5-3-4-9-36(24)28(38)21-15-19(29)6-7-22(21)33-41(2)39/h6-7,15-17,20,24,30,33H,3-5,8-14,18H2,1-2H3. The van der Waals surface area contributed by atoms with Crippen LogP contribution in [-0.4, -0.2) is 94.9 Å². The fourth-order valence-corrected chi connectivity index (χ4v) is 6.74. The summed E-state index contributed by atoms with van der Waals surface area (Å²) in [7, 11) is 0.677. The van der Waals surface area contributed by atoms with Crippen LogP contribution in [-0.2, 0) is 15.7 Å². The zero-order valence-corrected chi connectivity index (χ0v) is 25.1. The van der Waals surface area contributed by atoms with E-state index >= 15 is 0 Å². The van der Waals surface area contributed by atoms with Crippen LogP contribution in [0.25, 0.3) is 5.65 Å². The second-order valence-corrected chi connectivity index (χ2v) is 12.4. The van der Waals surface area contributed by atoms with Gasteiger partial charge in [-0.3, -0.25) is 4.79 Å². The fraction of sp³-hybridized carbons (Fsp3) is 0.536. The van der Waals surface area contributed by atoms with E-state index in [1.165, 1.54) is 6.26 Å². The molecule has 13 heteroatoms. The van der Waals surface area contributed by atoms with Gasteiger partial charge in [0.05, 0.1) is 36.2 Å². The van der Waals surface area contributed by atoms with Crippen molar-refractivity contribution in [3.8, 4) is 0 Å². The molecule has 0 radical (unpaired) electrons. The molecule has 3 aliphatic heterocycles. The molecule has 6 rings (SSSR count). The molecule has 3 fully saturated rings. The van der Waals surface area contributed by atoms with Crippen molar-refractivity contribution in [2.75, 3.05) is 73.8 Å². The zero-order valence-electron chi connectivity index (χ0n) is 23.5. The van der Waals surface area contributed by atoms with Gasteiger partial charge in [0.25, 0.3) is 5.91 Å². The maximum atomic E-state index is 14.0. The van der Waals surface area contributed by atoms with E-state index < -0.39 is 11.0 Å². The van der Waals surface area contributed by atoms with Crippen molar-refractivity contribution in [1.82, 2.24) is 24.8 Å². The number of benzene rings is 1. The third-order valence-electron chi connectivity index (χ3n) is 8.24. The number of rotatable bonds is 7. The van der Waals surface area contributed by atoms with Crippen LogP contribution in [0.3, 0.4) is 0 Å². The van der Waals surface area contributed by atoms with Gasteiger partial charge in [0, 0.05) is 62.2 Å². The van der Waals surface area contributed by atoms with Crippen LogP contribution >= 0.6 is 11.6 Å². The molecule has 220 valence electrons. The summed E-state index contributed by atoms with van der Waals surface area (Å²) in [6, 6.07) is 9.46. The van der Waals surface area contributed by atoms with Gasteiger partial charge in [-0.25, -0.2) is 9.19 Å². The summed E-state index contributed by atoms with van der Waals surface area (Å²) in [6.07, 6.45) is 5.32. The molecule has 3 aromatic rings. The molecule has 3 atom stereocenters. The molecule has 3 aliphatic rings. The molecule has 3 unspecified atom stereocenters. The Hall–Kier alpha value is -2.93. The average molecular weight is 601 g/mol. The number of anilines is 3. The van der Waals surface area contributed by atoms with Gasteiger partial charge in [0.15, 0.2) is 5.65 Å². The van der Waals surface area contributed by atoms with E-state index in [1.54, 1.807) is 18.2 Å². The number of hydrogen-bond acceptors (Lipinski definition) is 8. The predicted molar refractivity (Wildman–Crippen MR) is 162 cm³/mol. The summed E-state index contributed by atoms with van der Waals surface area (Å²) < 4.78 is 22.4. The van der Waals surface area contributed by atoms with Crippen molar-refractivity contribution in [3.63, 3.8) is 0 Å². The third-order valence-corrected chi connectivity index (χ3v) is 8.98. The Morgan fingerprint density at radius 1 is 1.07 bits per heavy atom. The number of amides is 1. The van der Waals surface area contributed by atoms with Gasteiger partial charge < -0.3 is 29.5 Å². The van der Waals surface area contributed by atoms with Gasteiger partial charge >= 0.3 is 0 Å². The quantitative estimate of drug-likeness (QED) is 0.426. The molecule has 0 saturated carbocycles. The largest absolute Gasteiger partial charge is 0.378 e. The fourth-order valence-electron chi connectivity index (χ4n) is 6.08. The highest BCUT2D eigenvalue weighted by Crippen LogP contribution is 2.35. The van der Waals surface area contributed by atoms with Crippen LogP contribution in [0, 0.1) is 0 Å². The lowest BCUT2D eigenvalue weighted by atomic mass is 9.98. The molecule has 1 amide bonds. The maximum Gasteiger partial charge on any atom is 0.256 e. The van der Waals surface area contributed by atoms with Crippen LogP contribution in [0.2, 0.25) is 5.02 Å². The molecule has 5 heterocycles. The second-order valence-electron chi connectivity index (χ2n) is 10.9. The van der Waals surface area contributed by atoms with Crippen LogP contribution in [0.15, 0.2) is 30.3 Å². The topological polar surface area (TPSA) is 107 Å². The normalized spacial score (nSPS) is 22.4. The van der Waals surface area contributed by atoms with E-state index in [9.17, 15) is 9.00 Å². The predicted octanol–water partition coefficient (Wildman–Crippen LogP) is 3.09. The van der Waals surface area contributed by atoms with Crippen LogP contribution in [0.1, 0.15) is 47.8 Å². The highest BCUT2D eigenvalue weighted by atomic mass is 35.5. The average Bonchev–Trinajstić information content (AvgIpc) is 3.65. The number of likely N-dealkylation sites (tertiary alicyclic amines) is 1. The first-order valence-corrected chi connectivity index (χ1v) is 16.2. The first kappa shape index (κ1) is 28.2. The van der Waals surface area contributed by atoms with Crippen molar-refractivity contribution in [3.05, 3.63) is 46.6 Å². The van der Waals surface area contributed by atoms with E-state index in [-0.39, 0.29) is 11.9 Å². The minimum Gasteiger partial charge on any atom is -0.378 e. The Labute approximate surface area is 247 Å². The van der Waals surface area contributed by atoms with E-state index in [2.05, 4.69) is 25.9 Å². The summed E-state index contributed by atoms with van der Waals surface area (Å²) in [5, 5.41) is 8.93. The van der Waals surface area contributed by atoms with E-state index in [0.717, 1.165) is 74.8 Å². The number of piperidine rings is 1. The zero-order chi connectivity index (χ0) is 28.5. The summed E-state index contributed by atoms with van der Waals surface area (Å²) in [5.74, 6) is 1.79. The van der Waals surface area contributed by atoms with Gasteiger partial charge in [0.2, 0.25) is 0 Å². The number of morpholine rings is 1. The molecule has 2 aromatic heterocycles. The Bertz CT molecular complexity index is 1450. The number of nitrogens with zero attached hydrogens (tertiary/aromatic N) is 6. The summed E-state index contributed by atoms with van der Waals surface area (Å²) >= 11 is 6.30. The molecular weight excluding hydrogens is 564 g/mol. The minimum atomic E-state index is -1.33. The lowest BCUT2D eigenvalue weighted by Gasteiger charge is -2.35. The number of carbonyl (C=O) groups is 1. The molecular formula is C28H37ClN8O3S. The molecule has 3 saturated heterocycles. The highest BCUT2D eigenvalue weighted by Gasteiger charge is 2.33. The Balaban J connectivity index is 1.38. The first-order valence-electron chi connectivity index (χ1n) is 14.3. The third kappa shape index (κ3) is 5.88. The summed E-state index contributed by atoms with van der Waals surface area (Å²) in [6.45, 7) is 5.36. The van der Waals surface area contributed by atoms with Crippen LogP contribution < -0.4 is 19.8 Å². The van der Waals surface area contributed by atoms with E-state index in [0.29, 0.717) is 42.1 Å². The number of nitrogens with one attached hydrogen (secondary N) is 2. The van der Waals surface area contributed by atoms with Crippen molar-refractivity contribution in [2.24, 2.45) is 0 Å². The van der Waals surface area contributed by atoms with Gasteiger partial charge in [-0.2, -0.15) is 9.61 Å². The number of likely N-dealkylation sites (N-methyl/N-ethyl adjacent to an activating group) is 1. The minimum absolute atomic E-state index is 0.153. The molecule has 2 N–H and O–H groups in total. The van der Waals surface area contributed by atoms with Crippen molar-refractivity contribution < 1.29 is 13.7 Å². The summed E-state index contributed by atoms with van der Waals surface area (Å²) in [5.41, 5.74) is 2.51. The highest BCUT2D eigenvalue weighted by molar-refractivity contribution is 7.85. The van der Waals surface area contributed by atoms with Gasteiger partial charge in [-0.1, -0.05) is 11.6 Å². The smallest absolute Gasteiger partial charge is 0.256 e. The molecule has 11 nitrogen and oxygen atoms in total. The number of fused-ring (bicyclic) bond motifs is 1. The van der Waals surface area contributed by atoms with E-state index in [4.69, 9.17) is 26.4 Å². The Morgan fingerprint density at radius 3 is 2.66 bits per heavy atom. The van der Waals surface area contributed by atoms with Crippen molar-refractivity contribution in [2.45, 2.75) is 37.8 Å². The molecule has 0 aliphatic carbocycles. The number of hydrogen-bond donors (Lipinski definition) is 2. The molecule has 1 aromatic carbocycles. The Kier molecular flexibility index (Phi) is 8.34. The number of halogens is 1. The first-order chi connectivity index (χ1) is 19.9. The van der Waals surface area contributed by atoms with Crippen LogP contribution in [0.4, 0.5) is 17.3 Å². The van der Waals surface area contributed by atoms with Gasteiger partial charge in [-0.15, -0.1) is 0 Å². The van der Waals surface area contributed by atoms with Crippen molar-refractivity contribution >= 4 is 51.5 Å².